The van der Waals surface area contributed by atoms with Gasteiger partial charge >= 0.3 is 0 Å². The first kappa shape index (κ1) is 13.1. The molecule has 1 heteroatoms. The molecule has 0 bridgehead atoms. The van der Waals surface area contributed by atoms with Crippen LogP contribution in [0, 0.1) is 6.92 Å². The van der Waals surface area contributed by atoms with E-state index in [0.717, 1.165) is 5.52 Å². The normalized spacial score (nSPS) is 12.2. The molecule has 0 saturated carbocycles. The molecule has 6 rings (SSSR count). The average molecular weight is 317 g/mol. The van der Waals surface area contributed by atoms with Gasteiger partial charge in [0, 0.05) is 22.4 Å². The van der Waals surface area contributed by atoms with Crippen molar-refractivity contribution in [3.63, 3.8) is 0 Å². The lowest BCUT2D eigenvalue weighted by Crippen LogP contribution is -1.91. The topological polar surface area (TPSA) is 12.9 Å². The van der Waals surface area contributed by atoms with E-state index in [1.165, 1.54) is 54.0 Å². The van der Waals surface area contributed by atoms with E-state index in [1.807, 2.05) is 6.20 Å². The Labute approximate surface area is 144 Å². The van der Waals surface area contributed by atoms with E-state index < -0.39 is 0 Å². The van der Waals surface area contributed by atoms with Gasteiger partial charge in [0.2, 0.25) is 0 Å². The van der Waals surface area contributed by atoms with E-state index in [9.17, 15) is 0 Å². The Kier molecular flexibility index (Phi) is 2.34. The lowest BCUT2D eigenvalue weighted by atomic mass is 9.87. The van der Waals surface area contributed by atoms with Crippen molar-refractivity contribution in [2.24, 2.45) is 0 Å². The molecule has 1 nitrogen and oxygen atoms in total. The van der Waals surface area contributed by atoms with Crippen molar-refractivity contribution < 1.29 is 0 Å². The lowest BCUT2D eigenvalue weighted by Gasteiger charge is -2.17. The van der Waals surface area contributed by atoms with E-state index in [0.29, 0.717) is 0 Å². The van der Waals surface area contributed by atoms with Gasteiger partial charge in [-0.05, 0) is 50.9 Å². The van der Waals surface area contributed by atoms with Gasteiger partial charge in [-0.15, -0.1) is 0 Å². The number of benzene rings is 5. The van der Waals surface area contributed by atoms with Crippen LogP contribution in [0.4, 0.5) is 0 Å². The Hall–Kier alpha value is -3.19. The smallest absolute Gasteiger partial charge is 0.0787 e. The summed E-state index contributed by atoms with van der Waals surface area (Å²) in [4.78, 5) is 4.81. The summed E-state index contributed by atoms with van der Waals surface area (Å²) in [5.41, 5.74) is 2.30. The number of hydrogen-bond acceptors (Lipinski definition) is 1. The molecule has 0 aliphatic rings. The molecule has 0 aliphatic heterocycles. The minimum atomic E-state index is 1.10. The molecule has 0 atom stereocenters. The van der Waals surface area contributed by atoms with Crippen LogP contribution >= 0.6 is 0 Å². The predicted octanol–water partition coefficient (Wildman–Crippen LogP) is 6.59. The van der Waals surface area contributed by atoms with Crippen LogP contribution in [0.1, 0.15) is 5.56 Å². The Morgan fingerprint density at radius 1 is 0.560 bits per heavy atom. The summed E-state index contributed by atoms with van der Waals surface area (Å²) < 4.78 is 0. The first-order valence-corrected chi connectivity index (χ1v) is 8.66. The summed E-state index contributed by atoms with van der Waals surface area (Å²) >= 11 is 0. The average Bonchev–Trinajstić information content (AvgIpc) is 2.67. The largest absolute Gasteiger partial charge is 0.255 e. The first-order valence-electron chi connectivity index (χ1n) is 8.66. The van der Waals surface area contributed by atoms with Gasteiger partial charge < -0.3 is 0 Å². The van der Waals surface area contributed by atoms with Crippen LogP contribution in [-0.4, -0.2) is 4.98 Å². The summed E-state index contributed by atoms with van der Waals surface area (Å²) in [5.74, 6) is 0. The van der Waals surface area contributed by atoms with Crippen molar-refractivity contribution in [2.75, 3.05) is 0 Å². The fourth-order valence-corrected chi connectivity index (χ4v) is 4.46. The second-order valence-corrected chi connectivity index (χ2v) is 6.91. The number of aromatic nitrogens is 1. The zero-order chi connectivity index (χ0) is 16.5. The second-order valence-electron chi connectivity index (χ2n) is 6.91. The maximum atomic E-state index is 4.81. The van der Waals surface area contributed by atoms with Crippen LogP contribution < -0.4 is 0 Å². The lowest BCUT2D eigenvalue weighted by molar-refractivity contribution is 1.35. The van der Waals surface area contributed by atoms with Gasteiger partial charge in [-0.1, -0.05) is 60.7 Å². The van der Waals surface area contributed by atoms with Crippen molar-refractivity contribution >= 4 is 54.0 Å². The number of pyridine rings is 1. The van der Waals surface area contributed by atoms with Gasteiger partial charge in [-0.3, -0.25) is 4.98 Å². The van der Waals surface area contributed by atoms with Crippen LogP contribution in [-0.2, 0) is 0 Å². The van der Waals surface area contributed by atoms with Crippen LogP contribution in [0.5, 0.6) is 0 Å². The highest BCUT2D eigenvalue weighted by Crippen LogP contribution is 2.43. The highest BCUT2D eigenvalue weighted by atomic mass is 14.7. The summed E-state index contributed by atoms with van der Waals surface area (Å²) in [6, 6.07) is 24.3. The fraction of sp³-hybridized carbons (Fsp3) is 0.0417. The third-order valence-electron chi connectivity index (χ3n) is 5.46. The highest BCUT2D eigenvalue weighted by molar-refractivity contribution is 6.39. The highest BCUT2D eigenvalue weighted by Gasteiger charge is 2.16. The molecule has 116 valence electrons. The summed E-state index contributed by atoms with van der Waals surface area (Å²) in [5, 5.41) is 11.8. The molecule has 0 aliphatic carbocycles. The molecule has 0 amide bonds. The van der Waals surface area contributed by atoms with Crippen molar-refractivity contribution in [3.05, 3.63) is 78.5 Å². The minimum absolute atomic E-state index is 1.10. The standard InChI is InChI=1S/C24H15N/c1-14-12-21-19-10-4-8-17-15-6-2-3-7-16(15)18-9-5-11-20(23(18)22(17)19)24(21)25-13-14/h2-13H,1H3. The third-order valence-corrected chi connectivity index (χ3v) is 5.46. The zero-order valence-corrected chi connectivity index (χ0v) is 13.9. The maximum Gasteiger partial charge on any atom is 0.0787 e. The summed E-state index contributed by atoms with van der Waals surface area (Å²) in [6.45, 7) is 2.11. The van der Waals surface area contributed by atoms with Crippen molar-refractivity contribution in [3.8, 4) is 0 Å². The number of aryl methyl sites for hydroxylation is 1. The number of rotatable bonds is 0. The molecule has 0 N–H and O–H groups in total. The van der Waals surface area contributed by atoms with Crippen LogP contribution in [0.15, 0.2) is 72.9 Å². The summed E-state index contributed by atoms with van der Waals surface area (Å²) in [6.07, 6.45) is 1.98. The van der Waals surface area contributed by atoms with Crippen molar-refractivity contribution in [1.29, 1.82) is 0 Å². The van der Waals surface area contributed by atoms with E-state index >= 15 is 0 Å². The molecule has 0 saturated heterocycles. The van der Waals surface area contributed by atoms with Crippen LogP contribution in [0.2, 0.25) is 0 Å². The predicted molar refractivity (Wildman–Crippen MR) is 108 cm³/mol. The molecular formula is C24H15N. The Morgan fingerprint density at radius 3 is 1.76 bits per heavy atom. The minimum Gasteiger partial charge on any atom is -0.255 e. The van der Waals surface area contributed by atoms with E-state index in [2.05, 4.69) is 73.7 Å². The van der Waals surface area contributed by atoms with Crippen molar-refractivity contribution in [2.45, 2.75) is 6.92 Å². The van der Waals surface area contributed by atoms with Gasteiger partial charge in [0.15, 0.2) is 0 Å². The van der Waals surface area contributed by atoms with Crippen LogP contribution in [0.3, 0.4) is 0 Å². The fourth-order valence-electron chi connectivity index (χ4n) is 4.46. The van der Waals surface area contributed by atoms with Crippen molar-refractivity contribution in [1.82, 2.24) is 4.98 Å². The molecule has 0 spiro atoms. The number of fused-ring (bicyclic) bond motifs is 6. The van der Waals surface area contributed by atoms with Gasteiger partial charge in [-0.2, -0.15) is 0 Å². The molecule has 6 aromatic rings. The quantitative estimate of drug-likeness (QED) is 0.227. The first-order chi connectivity index (χ1) is 12.3. The molecule has 1 aromatic heterocycles. The molecule has 5 aromatic carbocycles. The summed E-state index contributed by atoms with van der Waals surface area (Å²) in [7, 11) is 0. The maximum absolute atomic E-state index is 4.81. The molecule has 25 heavy (non-hydrogen) atoms. The van der Waals surface area contributed by atoms with Gasteiger partial charge in [0.1, 0.15) is 0 Å². The Bertz CT molecular complexity index is 1440. The third kappa shape index (κ3) is 1.56. The Morgan fingerprint density at radius 2 is 1.08 bits per heavy atom. The van der Waals surface area contributed by atoms with Crippen LogP contribution in [0.25, 0.3) is 54.0 Å². The zero-order valence-electron chi connectivity index (χ0n) is 13.9. The molecule has 0 unspecified atom stereocenters. The molecule has 0 radical (unpaired) electrons. The number of nitrogens with zero attached hydrogens (tertiary/aromatic N) is 1. The second kappa shape index (κ2) is 4.46. The van der Waals surface area contributed by atoms with E-state index in [1.54, 1.807) is 0 Å². The van der Waals surface area contributed by atoms with Gasteiger partial charge in [0.05, 0.1) is 5.52 Å². The van der Waals surface area contributed by atoms with Gasteiger partial charge in [-0.25, -0.2) is 0 Å². The SMILES string of the molecule is Cc1cnc2c(c1)c1cccc3c4ccccc4c4cccc2c4c31. The van der Waals surface area contributed by atoms with Gasteiger partial charge in [0.25, 0.3) is 0 Å². The van der Waals surface area contributed by atoms with E-state index in [-0.39, 0.29) is 0 Å². The molecular weight excluding hydrogens is 302 g/mol. The monoisotopic (exact) mass is 317 g/mol. The Balaban J connectivity index is 2.12. The van der Waals surface area contributed by atoms with E-state index in [4.69, 9.17) is 4.98 Å². The number of hydrogen-bond donors (Lipinski definition) is 0. The molecule has 0 fully saturated rings. The molecule has 1 heterocycles.